The molecule has 3 aromatic rings. The molecule has 0 fully saturated rings. The average Bonchev–Trinajstić information content (AvgIpc) is 2.91. The molecule has 1 aromatic carbocycles. The molecule has 1 N–H and O–H groups in total. The van der Waals surface area contributed by atoms with Crippen LogP contribution in [0, 0.1) is 18.2 Å². The van der Waals surface area contributed by atoms with Crippen LogP contribution in [0.15, 0.2) is 36.5 Å². The van der Waals surface area contributed by atoms with E-state index >= 15 is 0 Å². The lowest BCUT2D eigenvalue weighted by Crippen LogP contribution is -2.20. The zero-order valence-electron chi connectivity index (χ0n) is 15.9. The Kier molecular flexibility index (Phi) is 5.24. The molecule has 0 spiro atoms. The summed E-state index contributed by atoms with van der Waals surface area (Å²) in [5.41, 5.74) is 2.90. The molecule has 27 heavy (non-hydrogen) atoms. The number of nitrogens with zero attached hydrogens (tertiary/aromatic N) is 2. The van der Waals surface area contributed by atoms with E-state index in [2.05, 4.69) is 10.3 Å². The van der Waals surface area contributed by atoms with Gasteiger partial charge in [-0.15, -0.1) is 0 Å². The topological polar surface area (TPSA) is 46.9 Å². The fourth-order valence-electron chi connectivity index (χ4n) is 2.98. The maximum atomic E-state index is 14.0. The molecule has 2 heterocycles. The Morgan fingerprint density at radius 2 is 2.00 bits per heavy atom. The highest BCUT2D eigenvalue weighted by atomic mass is 35.5. The fraction of sp³-hybridized carbons (Fsp3) is 0.333. The van der Waals surface area contributed by atoms with Crippen molar-refractivity contribution in [2.45, 2.75) is 40.7 Å². The standard InChI is InChI=1S/C21H23ClFN3O/c1-13-9-18-17(24-20(13)25-19(27)11-21(2,3)4)7-8-26(18)12-14-10-15(22)5-6-16(14)23/h5-10H,11-12H2,1-4H3,(H,24,25,27). The Morgan fingerprint density at radius 1 is 1.26 bits per heavy atom. The number of rotatable bonds is 4. The number of halogens is 2. The third-order valence-corrected chi connectivity index (χ3v) is 4.48. The van der Waals surface area contributed by atoms with Crippen LogP contribution >= 0.6 is 11.6 Å². The minimum Gasteiger partial charge on any atom is -0.342 e. The molecule has 4 nitrogen and oxygen atoms in total. The van der Waals surface area contributed by atoms with Crippen LogP contribution in [0.2, 0.25) is 5.02 Å². The van der Waals surface area contributed by atoms with Gasteiger partial charge in [0.25, 0.3) is 0 Å². The smallest absolute Gasteiger partial charge is 0.226 e. The van der Waals surface area contributed by atoms with Crippen molar-refractivity contribution < 1.29 is 9.18 Å². The van der Waals surface area contributed by atoms with Crippen molar-refractivity contribution in [2.75, 3.05) is 5.32 Å². The molecular formula is C21H23ClFN3O. The van der Waals surface area contributed by atoms with Crippen LogP contribution in [0.5, 0.6) is 0 Å². The number of anilines is 1. The van der Waals surface area contributed by atoms with E-state index in [-0.39, 0.29) is 17.1 Å². The minimum atomic E-state index is -0.294. The second-order valence-electron chi connectivity index (χ2n) is 8.02. The summed E-state index contributed by atoms with van der Waals surface area (Å²) in [5, 5.41) is 3.40. The van der Waals surface area contributed by atoms with Crippen molar-refractivity contribution in [1.29, 1.82) is 0 Å². The lowest BCUT2D eigenvalue weighted by atomic mass is 9.92. The van der Waals surface area contributed by atoms with Crippen LogP contribution < -0.4 is 5.32 Å². The fourth-order valence-corrected chi connectivity index (χ4v) is 3.17. The highest BCUT2D eigenvalue weighted by Crippen LogP contribution is 2.25. The van der Waals surface area contributed by atoms with Gasteiger partial charge in [-0.1, -0.05) is 32.4 Å². The lowest BCUT2D eigenvalue weighted by molar-refractivity contribution is -0.117. The van der Waals surface area contributed by atoms with Gasteiger partial charge < -0.3 is 9.88 Å². The van der Waals surface area contributed by atoms with E-state index in [1.807, 2.05) is 50.6 Å². The number of nitrogens with one attached hydrogen (secondary N) is 1. The van der Waals surface area contributed by atoms with Gasteiger partial charge in [-0.05, 0) is 48.2 Å². The molecule has 0 unspecified atom stereocenters. The quantitative estimate of drug-likeness (QED) is 0.637. The second-order valence-corrected chi connectivity index (χ2v) is 8.46. The average molecular weight is 388 g/mol. The van der Waals surface area contributed by atoms with Gasteiger partial charge >= 0.3 is 0 Å². The SMILES string of the molecule is Cc1cc2c(ccn2Cc2cc(Cl)ccc2F)nc1NC(=O)CC(C)(C)C. The summed E-state index contributed by atoms with van der Waals surface area (Å²) in [6.07, 6.45) is 2.28. The first-order chi connectivity index (χ1) is 12.6. The molecule has 0 saturated heterocycles. The second kappa shape index (κ2) is 7.31. The summed E-state index contributed by atoms with van der Waals surface area (Å²) in [6.45, 7) is 8.31. The van der Waals surface area contributed by atoms with Crippen molar-refractivity contribution in [3.05, 3.63) is 58.5 Å². The predicted octanol–water partition coefficient (Wildman–Crippen LogP) is 5.56. The van der Waals surface area contributed by atoms with E-state index in [1.54, 1.807) is 6.07 Å². The van der Waals surface area contributed by atoms with Gasteiger partial charge in [0.2, 0.25) is 5.91 Å². The third kappa shape index (κ3) is 4.66. The summed E-state index contributed by atoms with van der Waals surface area (Å²) >= 11 is 5.99. The maximum Gasteiger partial charge on any atom is 0.226 e. The van der Waals surface area contributed by atoms with Crippen LogP contribution in [-0.4, -0.2) is 15.5 Å². The zero-order chi connectivity index (χ0) is 19.8. The molecular weight excluding hydrogens is 365 g/mol. The molecule has 2 aromatic heterocycles. The Hall–Kier alpha value is -2.40. The summed E-state index contributed by atoms with van der Waals surface area (Å²) in [7, 11) is 0. The Labute approximate surface area is 163 Å². The van der Waals surface area contributed by atoms with Crippen molar-refractivity contribution in [3.63, 3.8) is 0 Å². The highest BCUT2D eigenvalue weighted by Gasteiger charge is 2.17. The van der Waals surface area contributed by atoms with Gasteiger partial charge in [-0.25, -0.2) is 9.37 Å². The first-order valence-electron chi connectivity index (χ1n) is 8.83. The van der Waals surface area contributed by atoms with Gasteiger partial charge in [0.15, 0.2) is 0 Å². The molecule has 0 aliphatic rings. The number of carbonyl (C=O) groups excluding carboxylic acids is 1. The number of fused-ring (bicyclic) bond motifs is 1. The number of carbonyl (C=O) groups is 1. The molecule has 0 bridgehead atoms. The van der Waals surface area contributed by atoms with Crippen molar-refractivity contribution >= 4 is 34.4 Å². The van der Waals surface area contributed by atoms with E-state index in [4.69, 9.17) is 11.6 Å². The van der Waals surface area contributed by atoms with Crippen molar-refractivity contribution in [3.8, 4) is 0 Å². The summed E-state index contributed by atoms with van der Waals surface area (Å²) in [5.74, 6) is 0.207. The number of amides is 1. The van der Waals surface area contributed by atoms with E-state index in [9.17, 15) is 9.18 Å². The number of pyridine rings is 1. The summed E-state index contributed by atoms with van der Waals surface area (Å²) < 4.78 is 16.0. The monoisotopic (exact) mass is 387 g/mol. The molecule has 0 aliphatic heterocycles. The number of aromatic nitrogens is 2. The predicted molar refractivity (Wildman–Crippen MR) is 108 cm³/mol. The zero-order valence-corrected chi connectivity index (χ0v) is 16.7. The Balaban J connectivity index is 1.88. The van der Waals surface area contributed by atoms with E-state index in [0.29, 0.717) is 29.4 Å². The summed E-state index contributed by atoms with van der Waals surface area (Å²) in [6, 6.07) is 8.35. The van der Waals surface area contributed by atoms with Gasteiger partial charge in [0.05, 0.1) is 17.6 Å². The van der Waals surface area contributed by atoms with E-state index in [0.717, 1.165) is 16.6 Å². The largest absolute Gasteiger partial charge is 0.342 e. The van der Waals surface area contributed by atoms with Gasteiger partial charge in [0.1, 0.15) is 11.6 Å². The molecule has 0 radical (unpaired) electrons. The van der Waals surface area contributed by atoms with Crippen molar-refractivity contribution in [2.24, 2.45) is 5.41 Å². The molecule has 0 saturated carbocycles. The molecule has 0 aliphatic carbocycles. The third-order valence-electron chi connectivity index (χ3n) is 4.24. The van der Waals surface area contributed by atoms with Gasteiger partial charge in [-0.3, -0.25) is 4.79 Å². The molecule has 1 amide bonds. The van der Waals surface area contributed by atoms with Gasteiger partial charge in [0, 0.05) is 23.2 Å². The Bertz CT molecular complexity index is 1000. The minimum absolute atomic E-state index is 0.0575. The van der Waals surface area contributed by atoms with Crippen molar-refractivity contribution in [1.82, 2.24) is 9.55 Å². The number of hydrogen-bond acceptors (Lipinski definition) is 2. The number of benzene rings is 1. The number of aryl methyl sites for hydroxylation is 1. The van der Waals surface area contributed by atoms with E-state index in [1.165, 1.54) is 12.1 Å². The lowest BCUT2D eigenvalue weighted by Gasteiger charge is -2.17. The highest BCUT2D eigenvalue weighted by molar-refractivity contribution is 6.30. The Morgan fingerprint density at radius 3 is 2.70 bits per heavy atom. The van der Waals surface area contributed by atoms with Crippen LogP contribution in [0.1, 0.15) is 38.3 Å². The maximum absolute atomic E-state index is 14.0. The molecule has 3 rings (SSSR count). The molecule has 142 valence electrons. The normalized spacial score (nSPS) is 11.8. The van der Waals surface area contributed by atoms with Crippen LogP contribution in [0.25, 0.3) is 11.0 Å². The first-order valence-corrected chi connectivity index (χ1v) is 9.20. The van der Waals surface area contributed by atoms with Crippen LogP contribution in [0.3, 0.4) is 0 Å². The van der Waals surface area contributed by atoms with Gasteiger partial charge in [-0.2, -0.15) is 0 Å². The van der Waals surface area contributed by atoms with Crippen LogP contribution in [0.4, 0.5) is 10.2 Å². The number of hydrogen-bond donors (Lipinski definition) is 1. The summed E-state index contributed by atoms with van der Waals surface area (Å²) in [4.78, 5) is 16.8. The molecule has 6 heteroatoms. The van der Waals surface area contributed by atoms with Crippen LogP contribution in [-0.2, 0) is 11.3 Å². The first kappa shape index (κ1) is 19.4. The van der Waals surface area contributed by atoms with E-state index < -0.39 is 0 Å². The molecule has 0 atom stereocenters.